The van der Waals surface area contributed by atoms with E-state index in [9.17, 15) is 23.2 Å². The summed E-state index contributed by atoms with van der Waals surface area (Å²) in [5.41, 5.74) is 5.31. The third-order valence-corrected chi connectivity index (χ3v) is 6.57. The van der Waals surface area contributed by atoms with Crippen molar-refractivity contribution in [3.05, 3.63) is 96.4 Å². The first-order valence-electron chi connectivity index (χ1n) is 10.5. The topological polar surface area (TPSA) is 101 Å². The number of nitrogens with zero attached hydrogens (tertiary/aromatic N) is 1. The number of benzene rings is 2. The molecule has 10 heteroatoms. The molecule has 0 spiro atoms. The average Bonchev–Trinajstić information content (AvgIpc) is 3.16. The Morgan fingerprint density at radius 1 is 1.06 bits per heavy atom. The average molecular weight is 499 g/mol. The summed E-state index contributed by atoms with van der Waals surface area (Å²) in [4.78, 5) is 39.4. The van der Waals surface area contributed by atoms with Crippen LogP contribution in [0.4, 0.5) is 8.78 Å². The number of hydrogen-bond donors (Lipinski definition) is 1. The molecule has 4 rings (SSSR count). The molecule has 0 bridgehead atoms. The Hall–Kier alpha value is -4.05. The summed E-state index contributed by atoms with van der Waals surface area (Å²) in [6.45, 7) is 1.55. The number of rotatable bonds is 5. The Morgan fingerprint density at radius 2 is 1.71 bits per heavy atom. The lowest BCUT2D eigenvalue weighted by atomic mass is 9.83. The zero-order valence-electron chi connectivity index (χ0n) is 18.7. The molecule has 2 heterocycles. The van der Waals surface area contributed by atoms with Crippen LogP contribution in [0, 0.1) is 11.6 Å². The number of carbonyl (C=O) groups excluding carboxylic acids is 2. The molecule has 1 atom stereocenters. The van der Waals surface area contributed by atoms with Gasteiger partial charge in [-0.2, -0.15) is 0 Å². The second-order valence-electron chi connectivity index (χ2n) is 7.46. The zero-order chi connectivity index (χ0) is 25.3. The Morgan fingerprint density at radius 3 is 2.34 bits per heavy atom. The van der Waals surface area contributed by atoms with Crippen LogP contribution in [0.3, 0.4) is 0 Å². The highest BCUT2D eigenvalue weighted by molar-refractivity contribution is 7.07. The predicted molar refractivity (Wildman–Crippen MR) is 126 cm³/mol. The van der Waals surface area contributed by atoms with E-state index in [-0.39, 0.29) is 43.9 Å². The van der Waals surface area contributed by atoms with Crippen LogP contribution in [0.2, 0.25) is 0 Å². The highest BCUT2D eigenvalue weighted by Gasteiger charge is 2.40. The number of aromatic nitrogens is 1. The normalized spacial score (nSPS) is 15.7. The molecule has 0 amide bonds. The molecule has 1 aliphatic rings. The molecule has 180 valence electrons. The first-order chi connectivity index (χ1) is 16.8. The number of fused-ring (bicyclic) bond motifs is 1. The number of thiazole rings is 1. The lowest BCUT2D eigenvalue weighted by Crippen LogP contribution is -2.42. The fraction of sp³-hybridized carbons (Fsp3) is 0.160. The third-order valence-electron chi connectivity index (χ3n) is 5.46. The molecule has 1 aliphatic heterocycles. The second-order valence-corrected chi connectivity index (χ2v) is 8.49. The number of halogens is 2. The third kappa shape index (κ3) is 4.17. The number of hydrogen-bond acceptors (Lipinski definition) is 7. The molecule has 2 N–H and O–H groups in total. The van der Waals surface area contributed by atoms with E-state index in [1.807, 2.05) is 0 Å². The monoisotopic (exact) mass is 498 g/mol. The van der Waals surface area contributed by atoms with Crippen molar-refractivity contribution in [3.8, 4) is 0 Å². The minimum atomic E-state index is -1.30. The van der Waals surface area contributed by atoms with Gasteiger partial charge in [-0.15, -0.1) is 11.3 Å². The standard InChI is InChI=1S/C25H20F2N2O5S/c1-3-34-25(32)19-18(14-9-5-7-11-16(14)27)20(24(31)33-2)23-29(21(19)28)22(30)17(35-23)12-13-8-4-6-10-15(13)26/h4-12,18H,3,28H2,1-2H3. The van der Waals surface area contributed by atoms with Gasteiger partial charge in [0.1, 0.15) is 22.1 Å². The Kier molecular flexibility index (Phi) is 6.65. The molecule has 0 saturated carbocycles. The van der Waals surface area contributed by atoms with E-state index in [2.05, 4.69) is 0 Å². The molecule has 1 aromatic heterocycles. The summed E-state index contributed by atoms with van der Waals surface area (Å²) in [6, 6.07) is 11.4. The minimum Gasteiger partial charge on any atom is -0.466 e. The van der Waals surface area contributed by atoms with Gasteiger partial charge in [-0.05, 0) is 25.1 Å². The van der Waals surface area contributed by atoms with Crippen LogP contribution in [0.15, 0.2) is 58.9 Å². The van der Waals surface area contributed by atoms with Crippen LogP contribution in [-0.2, 0) is 19.1 Å². The fourth-order valence-electron chi connectivity index (χ4n) is 3.92. The number of nitrogens with two attached hydrogens (primary N) is 1. The molecule has 0 saturated heterocycles. The van der Waals surface area contributed by atoms with Crippen molar-refractivity contribution in [2.45, 2.75) is 12.8 Å². The second kappa shape index (κ2) is 9.67. The lowest BCUT2D eigenvalue weighted by molar-refractivity contribution is -0.138. The van der Waals surface area contributed by atoms with E-state index in [4.69, 9.17) is 15.2 Å². The van der Waals surface area contributed by atoms with Crippen molar-refractivity contribution in [1.82, 2.24) is 4.57 Å². The maximum absolute atomic E-state index is 15.0. The fourth-order valence-corrected chi connectivity index (χ4v) is 5.07. The van der Waals surface area contributed by atoms with Crippen LogP contribution < -0.4 is 20.5 Å². The van der Waals surface area contributed by atoms with Gasteiger partial charge in [-0.3, -0.25) is 9.36 Å². The molecule has 7 nitrogen and oxygen atoms in total. The van der Waals surface area contributed by atoms with Crippen molar-refractivity contribution < 1.29 is 27.8 Å². The van der Waals surface area contributed by atoms with Crippen molar-refractivity contribution in [2.24, 2.45) is 5.73 Å². The summed E-state index contributed by atoms with van der Waals surface area (Å²) < 4.78 is 40.4. The lowest BCUT2D eigenvalue weighted by Gasteiger charge is -2.27. The predicted octanol–water partition coefficient (Wildman–Crippen LogP) is 1.83. The van der Waals surface area contributed by atoms with Crippen molar-refractivity contribution in [3.63, 3.8) is 0 Å². The highest BCUT2D eigenvalue weighted by atomic mass is 32.1. The largest absolute Gasteiger partial charge is 0.466 e. The summed E-state index contributed by atoms with van der Waals surface area (Å²) >= 11 is 0.854. The smallest absolute Gasteiger partial charge is 0.338 e. The zero-order valence-corrected chi connectivity index (χ0v) is 19.5. The van der Waals surface area contributed by atoms with Crippen LogP contribution >= 0.6 is 11.3 Å². The van der Waals surface area contributed by atoms with Crippen LogP contribution in [0.1, 0.15) is 24.0 Å². The molecule has 1 unspecified atom stereocenters. The van der Waals surface area contributed by atoms with Gasteiger partial charge >= 0.3 is 11.9 Å². The van der Waals surface area contributed by atoms with Crippen LogP contribution in [0.5, 0.6) is 0 Å². The first kappa shape index (κ1) is 24.1. The molecule has 0 fully saturated rings. The van der Waals surface area contributed by atoms with Gasteiger partial charge in [0.2, 0.25) is 0 Å². The van der Waals surface area contributed by atoms with Crippen molar-refractivity contribution in [1.29, 1.82) is 0 Å². The maximum atomic E-state index is 15.0. The number of carbonyl (C=O) groups is 2. The van der Waals surface area contributed by atoms with Gasteiger partial charge in [0.05, 0.1) is 35.3 Å². The van der Waals surface area contributed by atoms with Gasteiger partial charge < -0.3 is 15.2 Å². The van der Waals surface area contributed by atoms with Gasteiger partial charge in [0.15, 0.2) is 0 Å². The first-order valence-corrected chi connectivity index (χ1v) is 11.3. The molecule has 35 heavy (non-hydrogen) atoms. The Labute approximate surface area is 202 Å². The van der Waals surface area contributed by atoms with Gasteiger partial charge in [-0.25, -0.2) is 18.4 Å². The molecule has 0 radical (unpaired) electrons. The van der Waals surface area contributed by atoms with E-state index in [1.165, 1.54) is 42.5 Å². The van der Waals surface area contributed by atoms with Gasteiger partial charge in [-0.1, -0.05) is 36.4 Å². The van der Waals surface area contributed by atoms with E-state index in [1.54, 1.807) is 19.1 Å². The maximum Gasteiger partial charge on any atom is 0.338 e. The van der Waals surface area contributed by atoms with Crippen molar-refractivity contribution in [2.75, 3.05) is 13.7 Å². The molecular weight excluding hydrogens is 478 g/mol. The minimum absolute atomic E-state index is 0.0226. The summed E-state index contributed by atoms with van der Waals surface area (Å²) in [5.74, 6) is -4.67. The van der Waals surface area contributed by atoms with Gasteiger partial charge in [0.25, 0.3) is 5.56 Å². The van der Waals surface area contributed by atoms with E-state index < -0.39 is 35.1 Å². The quantitative estimate of drug-likeness (QED) is 0.539. The van der Waals surface area contributed by atoms with E-state index >= 15 is 0 Å². The Balaban J connectivity index is 2.16. The highest BCUT2D eigenvalue weighted by Crippen LogP contribution is 2.38. The van der Waals surface area contributed by atoms with Crippen molar-refractivity contribution >= 4 is 40.7 Å². The van der Waals surface area contributed by atoms with Crippen LogP contribution in [-0.4, -0.2) is 30.2 Å². The summed E-state index contributed by atoms with van der Waals surface area (Å²) in [6.07, 6.45) is 1.32. The molecule has 3 aromatic rings. The van der Waals surface area contributed by atoms with E-state index in [0.717, 1.165) is 23.0 Å². The molecule has 2 aromatic carbocycles. The molecule has 0 aliphatic carbocycles. The van der Waals surface area contributed by atoms with E-state index in [0.29, 0.717) is 0 Å². The number of esters is 2. The van der Waals surface area contributed by atoms with Gasteiger partial charge in [0, 0.05) is 11.1 Å². The van der Waals surface area contributed by atoms with Crippen LogP contribution in [0.25, 0.3) is 17.5 Å². The Bertz CT molecular complexity index is 1550. The molecular formula is C25H20F2N2O5S. The SMILES string of the molecule is CCOC(=O)C1=C(N)n2c(sc(=Cc3ccccc3F)c2=O)=C(C(=O)OC)C1c1ccccc1F. The number of methoxy groups -OCH3 is 1. The summed E-state index contributed by atoms with van der Waals surface area (Å²) in [5, 5.41) is 0. The summed E-state index contributed by atoms with van der Waals surface area (Å²) in [7, 11) is 1.13. The number of ether oxygens (including phenoxy) is 2.